The van der Waals surface area contributed by atoms with Crippen LogP contribution in [-0.2, 0) is 0 Å². The van der Waals surface area contributed by atoms with Crippen molar-refractivity contribution in [3.05, 3.63) is 52.0 Å². The highest BCUT2D eigenvalue weighted by Crippen LogP contribution is 2.35. The minimum Gasteiger partial charge on any atom is -0.496 e. The third kappa shape index (κ3) is 2.45. The summed E-state index contributed by atoms with van der Waals surface area (Å²) in [5.74, 6) is -1.60. The molecule has 2 rings (SSSR count). The van der Waals surface area contributed by atoms with Gasteiger partial charge in [-0.25, -0.2) is 8.78 Å². The molecule has 0 saturated carbocycles. The van der Waals surface area contributed by atoms with Crippen LogP contribution in [0.2, 0.25) is 0 Å². The monoisotopic (exact) mass is 323 g/mol. The molecule has 19 heavy (non-hydrogen) atoms. The molecule has 0 aliphatic carbocycles. The number of hydrogen-bond acceptors (Lipinski definition) is 2. The van der Waals surface area contributed by atoms with Crippen LogP contribution in [0.15, 0.2) is 34.8 Å². The van der Waals surface area contributed by atoms with Gasteiger partial charge in [-0.2, -0.15) is 5.26 Å². The van der Waals surface area contributed by atoms with Gasteiger partial charge in [-0.1, -0.05) is 0 Å². The van der Waals surface area contributed by atoms with E-state index in [1.54, 1.807) is 0 Å². The number of hydrogen-bond donors (Lipinski definition) is 0. The lowest BCUT2D eigenvalue weighted by Crippen LogP contribution is -1.94. The Morgan fingerprint density at radius 1 is 1.11 bits per heavy atom. The van der Waals surface area contributed by atoms with Gasteiger partial charge in [0, 0.05) is 11.1 Å². The lowest BCUT2D eigenvalue weighted by molar-refractivity contribution is 0.415. The van der Waals surface area contributed by atoms with Gasteiger partial charge >= 0.3 is 0 Å². The molecule has 0 unspecified atom stereocenters. The van der Waals surface area contributed by atoms with Gasteiger partial charge in [0.2, 0.25) is 0 Å². The van der Waals surface area contributed by atoms with Crippen molar-refractivity contribution in [3.8, 4) is 22.9 Å². The van der Waals surface area contributed by atoms with Crippen LogP contribution in [0.3, 0.4) is 0 Å². The molecule has 2 aromatic carbocycles. The van der Waals surface area contributed by atoms with E-state index in [2.05, 4.69) is 15.9 Å². The van der Waals surface area contributed by atoms with E-state index in [9.17, 15) is 8.78 Å². The lowest BCUT2D eigenvalue weighted by atomic mass is 10.0. The molecule has 0 aliphatic heterocycles. The Balaban J connectivity index is 2.66. The molecule has 0 saturated heterocycles. The largest absolute Gasteiger partial charge is 0.496 e. The van der Waals surface area contributed by atoms with Crippen LogP contribution in [0.1, 0.15) is 5.56 Å². The van der Waals surface area contributed by atoms with Crippen molar-refractivity contribution >= 4 is 15.9 Å². The highest BCUT2D eigenvalue weighted by atomic mass is 79.9. The quantitative estimate of drug-likeness (QED) is 0.773. The van der Waals surface area contributed by atoms with E-state index >= 15 is 0 Å². The predicted octanol–water partition coefficient (Wildman–Crippen LogP) is 4.27. The number of nitrogens with zero attached hydrogens (tertiary/aromatic N) is 1. The molecule has 0 N–H and O–H groups in total. The first-order valence-corrected chi connectivity index (χ1v) is 6.09. The number of rotatable bonds is 2. The maximum atomic E-state index is 13.9. The van der Waals surface area contributed by atoms with Crippen molar-refractivity contribution in [1.29, 1.82) is 5.26 Å². The van der Waals surface area contributed by atoms with Crippen molar-refractivity contribution in [2.75, 3.05) is 7.11 Å². The molecule has 0 radical (unpaired) electrons. The van der Waals surface area contributed by atoms with Crippen LogP contribution >= 0.6 is 15.9 Å². The summed E-state index contributed by atoms with van der Waals surface area (Å²) in [6.45, 7) is 0. The summed E-state index contributed by atoms with van der Waals surface area (Å²) in [6, 6.07) is 9.37. The maximum Gasteiger partial charge on any atom is 0.173 e. The normalized spacial score (nSPS) is 10.1. The van der Waals surface area contributed by atoms with Crippen LogP contribution in [0.25, 0.3) is 11.1 Å². The van der Waals surface area contributed by atoms with Crippen LogP contribution < -0.4 is 4.74 Å². The van der Waals surface area contributed by atoms with Gasteiger partial charge in [-0.3, -0.25) is 0 Å². The molecule has 0 aliphatic rings. The zero-order valence-electron chi connectivity index (χ0n) is 9.88. The fourth-order valence-electron chi connectivity index (χ4n) is 1.72. The summed E-state index contributed by atoms with van der Waals surface area (Å²) < 4.78 is 32.6. The molecule has 0 heterocycles. The molecule has 0 aromatic heterocycles. The highest BCUT2D eigenvalue weighted by Gasteiger charge is 2.16. The summed E-state index contributed by atoms with van der Waals surface area (Å²) in [5.41, 5.74) is 0.867. The first kappa shape index (κ1) is 13.5. The Morgan fingerprint density at radius 3 is 2.42 bits per heavy atom. The molecule has 0 spiro atoms. The van der Waals surface area contributed by atoms with E-state index < -0.39 is 11.6 Å². The van der Waals surface area contributed by atoms with Gasteiger partial charge in [-0.05, 0) is 46.3 Å². The van der Waals surface area contributed by atoms with Crippen LogP contribution in [0, 0.1) is 23.0 Å². The van der Waals surface area contributed by atoms with Gasteiger partial charge in [-0.15, -0.1) is 0 Å². The number of nitriles is 1. The lowest BCUT2D eigenvalue weighted by Gasteiger charge is -2.10. The Kier molecular flexibility index (Phi) is 3.82. The number of benzene rings is 2. The Labute approximate surface area is 117 Å². The average Bonchev–Trinajstić information content (AvgIpc) is 2.44. The molecule has 0 atom stereocenters. The van der Waals surface area contributed by atoms with Crippen LogP contribution in [0.4, 0.5) is 8.78 Å². The summed E-state index contributed by atoms with van der Waals surface area (Å²) in [6.07, 6.45) is 0. The summed E-state index contributed by atoms with van der Waals surface area (Å²) in [5, 5.41) is 8.81. The first-order chi connectivity index (χ1) is 9.08. The average molecular weight is 324 g/mol. The zero-order chi connectivity index (χ0) is 14.0. The summed E-state index contributed by atoms with van der Waals surface area (Å²) in [7, 11) is 1.41. The smallest absolute Gasteiger partial charge is 0.173 e. The molecule has 96 valence electrons. The van der Waals surface area contributed by atoms with Gasteiger partial charge < -0.3 is 4.74 Å². The molecule has 0 fully saturated rings. The van der Waals surface area contributed by atoms with E-state index in [1.165, 1.54) is 37.4 Å². The molecular weight excluding hydrogens is 316 g/mol. The van der Waals surface area contributed by atoms with E-state index in [1.807, 2.05) is 6.07 Å². The minimum atomic E-state index is -0.961. The maximum absolute atomic E-state index is 13.9. The molecule has 0 amide bonds. The van der Waals surface area contributed by atoms with E-state index in [0.717, 1.165) is 0 Å². The molecule has 0 bridgehead atoms. The number of halogens is 3. The predicted molar refractivity (Wildman–Crippen MR) is 70.8 cm³/mol. The van der Waals surface area contributed by atoms with Gasteiger partial charge in [0.25, 0.3) is 0 Å². The van der Waals surface area contributed by atoms with Crippen molar-refractivity contribution in [3.63, 3.8) is 0 Å². The second kappa shape index (κ2) is 5.37. The van der Waals surface area contributed by atoms with Gasteiger partial charge in [0.1, 0.15) is 5.75 Å². The van der Waals surface area contributed by atoms with Crippen LogP contribution in [0.5, 0.6) is 5.75 Å². The van der Waals surface area contributed by atoms with Gasteiger partial charge in [0.05, 0.1) is 23.2 Å². The fraction of sp³-hybridized carbons (Fsp3) is 0.0714. The Morgan fingerprint density at radius 2 is 1.79 bits per heavy atom. The molecule has 2 nitrogen and oxygen atoms in total. The number of ether oxygens (including phenoxy) is 1. The van der Waals surface area contributed by atoms with Gasteiger partial charge in [0.15, 0.2) is 11.6 Å². The number of methoxy groups -OCH3 is 1. The van der Waals surface area contributed by atoms with Crippen molar-refractivity contribution in [1.82, 2.24) is 0 Å². The fourth-order valence-corrected chi connectivity index (χ4v) is 2.02. The van der Waals surface area contributed by atoms with Crippen LogP contribution in [-0.4, -0.2) is 7.11 Å². The Bertz CT molecular complexity index is 680. The highest BCUT2D eigenvalue weighted by molar-refractivity contribution is 9.10. The van der Waals surface area contributed by atoms with Crippen molar-refractivity contribution < 1.29 is 13.5 Å². The standard InChI is InChI=1S/C14H8BrF2NO/c1-19-12-6-8(7-18)2-3-9(12)10-4-5-11(15)14(17)13(10)16/h2-6H,1H3. The molecule has 2 aromatic rings. The third-order valence-corrected chi connectivity index (χ3v) is 3.27. The molecule has 5 heteroatoms. The Hall–Kier alpha value is -1.93. The topological polar surface area (TPSA) is 33.0 Å². The van der Waals surface area contributed by atoms with E-state index in [-0.39, 0.29) is 10.0 Å². The molecular formula is C14H8BrF2NO. The van der Waals surface area contributed by atoms with Crippen molar-refractivity contribution in [2.24, 2.45) is 0 Å². The van der Waals surface area contributed by atoms with E-state index in [0.29, 0.717) is 16.9 Å². The SMILES string of the molecule is COc1cc(C#N)ccc1-c1ccc(Br)c(F)c1F. The zero-order valence-corrected chi connectivity index (χ0v) is 11.5. The second-order valence-corrected chi connectivity index (χ2v) is 4.60. The summed E-state index contributed by atoms with van der Waals surface area (Å²) >= 11 is 2.92. The van der Waals surface area contributed by atoms with E-state index in [4.69, 9.17) is 10.00 Å². The third-order valence-electron chi connectivity index (χ3n) is 2.66. The summed E-state index contributed by atoms with van der Waals surface area (Å²) in [4.78, 5) is 0. The first-order valence-electron chi connectivity index (χ1n) is 5.30. The minimum absolute atomic E-state index is 0.0568. The van der Waals surface area contributed by atoms with Crippen molar-refractivity contribution in [2.45, 2.75) is 0 Å². The second-order valence-electron chi connectivity index (χ2n) is 3.75.